The van der Waals surface area contributed by atoms with Crippen molar-refractivity contribution in [2.24, 2.45) is 0 Å². The van der Waals surface area contributed by atoms with E-state index in [0.717, 1.165) is 12.0 Å². The third-order valence-electron chi connectivity index (χ3n) is 3.53. The smallest absolute Gasteiger partial charge is 0.146 e. The fourth-order valence-electron chi connectivity index (χ4n) is 2.24. The van der Waals surface area contributed by atoms with Crippen molar-refractivity contribution in [1.82, 2.24) is 0 Å². The molecule has 0 saturated heterocycles. The van der Waals surface area contributed by atoms with E-state index in [-0.39, 0.29) is 12.9 Å². The molecule has 1 atom stereocenters. The summed E-state index contributed by atoms with van der Waals surface area (Å²) in [5.41, 5.74) is 2.33. The van der Waals surface area contributed by atoms with E-state index in [4.69, 9.17) is 18.9 Å². The summed E-state index contributed by atoms with van der Waals surface area (Å²) >= 11 is 0. The Labute approximate surface area is 144 Å². The molecule has 130 valence electrons. The molecule has 0 spiro atoms. The van der Waals surface area contributed by atoms with Gasteiger partial charge in [-0.1, -0.05) is 60.7 Å². The van der Waals surface area contributed by atoms with E-state index in [0.29, 0.717) is 26.4 Å². The van der Waals surface area contributed by atoms with Crippen LogP contribution >= 0.6 is 0 Å². The molecule has 0 amide bonds. The van der Waals surface area contributed by atoms with Crippen molar-refractivity contribution in [3.05, 3.63) is 71.8 Å². The first-order valence-electron chi connectivity index (χ1n) is 8.22. The fraction of sp³-hybridized carbons (Fsp3) is 0.400. The van der Waals surface area contributed by atoms with Gasteiger partial charge in [0.1, 0.15) is 6.79 Å². The molecule has 0 unspecified atom stereocenters. The minimum Gasteiger partial charge on any atom is -0.377 e. The zero-order valence-electron chi connectivity index (χ0n) is 14.2. The van der Waals surface area contributed by atoms with Crippen molar-refractivity contribution >= 4 is 0 Å². The van der Waals surface area contributed by atoms with Crippen molar-refractivity contribution in [2.45, 2.75) is 25.7 Å². The van der Waals surface area contributed by atoms with Crippen LogP contribution in [0.15, 0.2) is 60.7 Å². The van der Waals surface area contributed by atoms with Crippen LogP contribution in [0, 0.1) is 0 Å². The lowest BCUT2D eigenvalue weighted by Gasteiger charge is -2.17. The summed E-state index contributed by atoms with van der Waals surface area (Å²) in [4.78, 5) is 0. The SMILES string of the molecule is COCO[C@H](CCOCc1ccccc1)COCc1ccccc1. The molecule has 0 radical (unpaired) electrons. The second-order valence-electron chi connectivity index (χ2n) is 5.52. The maximum absolute atomic E-state index is 5.76. The molecule has 0 N–H and O–H groups in total. The van der Waals surface area contributed by atoms with Crippen molar-refractivity contribution in [3.63, 3.8) is 0 Å². The van der Waals surface area contributed by atoms with E-state index in [1.54, 1.807) is 7.11 Å². The highest BCUT2D eigenvalue weighted by atomic mass is 16.7. The average molecular weight is 330 g/mol. The van der Waals surface area contributed by atoms with Gasteiger partial charge < -0.3 is 18.9 Å². The number of methoxy groups -OCH3 is 1. The standard InChI is InChI=1S/C20H26O4/c1-21-17-24-20(16-23-15-19-10-6-3-7-11-19)12-13-22-14-18-8-4-2-5-9-18/h2-11,20H,12-17H2,1H3/t20-/m1/s1. The summed E-state index contributed by atoms with van der Waals surface area (Å²) in [6, 6.07) is 20.3. The summed E-state index contributed by atoms with van der Waals surface area (Å²) in [6.07, 6.45) is 0.731. The predicted octanol–water partition coefficient (Wildman–Crippen LogP) is 3.80. The quantitative estimate of drug-likeness (QED) is 0.438. The van der Waals surface area contributed by atoms with Crippen LogP contribution < -0.4 is 0 Å². The Bertz CT molecular complexity index is 530. The summed E-state index contributed by atoms with van der Waals surface area (Å²) in [7, 11) is 1.62. The van der Waals surface area contributed by atoms with Crippen LogP contribution in [-0.2, 0) is 32.2 Å². The van der Waals surface area contributed by atoms with Gasteiger partial charge in [0.25, 0.3) is 0 Å². The van der Waals surface area contributed by atoms with Crippen LogP contribution in [0.4, 0.5) is 0 Å². The van der Waals surface area contributed by atoms with Gasteiger partial charge in [0.15, 0.2) is 0 Å². The highest BCUT2D eigenvalue weighted by molar-refractivity contribution is 5.14. The molecule has 0 saturated carbocycles. The Morgan fingerprint density at radius 1 is 0.792 bits per heavy atom. The molecule has 0 aliphatic rings. The largest absolute Gasteiger partial charge is 0.377 e. The summed E-state index contributed by atoms with van der Waals surface area (Å²) < 4.78 is 22.1. The van der Waals surface area contributed by atoms with Gasteiger partial charge in [-0.25, -0.2) is 0 Å². The molecule has 0 fully saturated rings. The van der Waals surface area contributed by atoms with Gasteiger partial charge in [-0.05, 0) is 17.5 Å². The number of benzene rings is 2. The van der Waals surface area contributed by atoms with Gasteiger partial charge in [0, 0.05) is 13.7 Å². The molecule has 2 aromatic carbocycles. The second-order valence-corrected chi connectivity index (χ2v) is 5.52. The molecule has 0 bridgehead atoms. The van der Waals surface area contributed by atoms with Crippen molar-refractivity contribution in [2.75, 3.05) is 27.1 Å². The van der Waals surface area contributed by atoms with Crippen LogP contribution in [0.2, 0.25) is 0 Å². The molecule has 0 aromatic heterocycles. The van der Waals surface area contributed by atoms with Crippen LogP contribution in [0.1, 0.15) is 17.5 Å². The lowest BCUT2D eigenvalue weighted by molar-refractivity contribution is -0.107. The van der Waals surface area contributed by atoms with Gasteiger partial charge in [0.05, 0.1) is 25.9 Å². The van der Waals surface area contributed by atoms with E-state index in [1.165, 1.54) is 5.56 Å². The zero-order valence-corrected chi connectivity index (χ0v) is 14.2. The molecular weight excluding hydrogens is 304 g/mol. The maximum atomic E-state index is 5.76. The van der Waals surface area contributed by atoms with Crippen LogP contribution in [0.25, 0.3) is 0 Å². The minimum atomic E-state index is -0.0376. The lowest BCUT2D eigenvalue weighted by atomic mass is 10.2. The van der Waals surface area contributed by atoms with Crippen LogP contribution in [-0.4, -0.2) is 33.2 Å². The van der Waals surface area contributed by atoms with E-state index in [9.17, 15) is 0 Å². The van der Waals surface area contributed by atoms with Gasteiger partial charge in [-0.3, -0.25) is 0 Å². The molecule has 2 aromatic rings. The van der Waals surface area contributed by atoms with Gasteiger partial charge in [0.2, 0.25) is 0 Å². The summed E-state index contributed by atoms with van der Waals surface area (Å²) in [5.74, 6) is 0. The monoisotopic (exact) mass is 330 g/mol. The second kappa shape index (κ2) is 11.8. The number of rotatable bonds is 12. The normalized spacial score (nSPS) is 12.2. The molecule has 0 heterocycles. The van der Waals surface area contributed by atoms with E-state index < -0.39 is 0 Å². The van der Waals surface area contributed by atoms with Crippen LogP contribution in [0.5, 0.6) is 0 Å². The maximum Gasteiger partial charge on any atom is 0.146 e. The fourth-order valence-corrected chi connectivity index (χ4v) is 2.24. The Kier molecular flexibility index (Phi) is 9.12. The van der Waals surface area contributed by atoms with E-state index in [1.807, 2.05) is 48.5 Å². The van der Waals surface area contributed by atoms with Gasteiger partial charge in [-0.15, -0.1) is 0 Å². The highest BCUT2D eigenvalue weighted by Crippen LogP contribution is 2.07. The topological polar surface area (TPSA) is 36.9 Å². The Morgan fingerprint density at radius 3 is 1.96 bits per heavy atom. The number of hydrogen-bond donors (Lipinski definition) is 0. The van der Waals surface area contributed by atoms with Crippen molar-refractivity contribution < 1.29 is 18.9 Å². The first-order chi connectivity index (χ1) is 11.9. The molecule has 4 nitrogen and oxygen atoms in total. The van der Waals surface area contributed by atoms with E-state index in [2.05, 4.69) is 12.1 Å². The summed E-state index contributed by atoms with van der Waals surface area (Å²) in [5, 5.41) is 0. The molecule has 0 aliphatic carbocycles. The Hall–Kier alpha value is -1.72. The third-order valence-corrected chi connectivity index (χ3v) is 3.53. The molecule has 0 aliphatic heterocycles. The van der Waals surface area contributed by atoms with Gasteiger partial charge >= 0.3 is 0 Å². The Balaban J connectivity index is 1.65. The third kappa shape index (κ3) is 7.70. The lowest BCUT2D eigenvalue weighted by Crippen LogP contribution is -2.23. The number of ether oxygens (including phenoxy) is 4. The minimum absolute atomic E-state index is 0.0376. The first kappa shape index (κ1) is 18.6. The predicted molar refractivity (Wildman–Crippen MR) is 93.6 cm³/mol. The average Bonchev–Trinajstić information content (AvgIpc) is 2.64. The van der Waals surface area contributed by atoms with E-state index >= 15 is 0 Å². The number of hydrogen-bond acceptors (Lipinski definition) is 4. The molecular formula is C20H26O4. The van der Waals surface area contributed by atoms with Crippen molar-refractivity contribution in [1.29, 1.82) is 0 Å². The molecule has 2 rings (SSSR count). The summed E-state index contributed by atoms with van der Waals surface area (Å²) in [6.45, 7) is 2.60. The van der Waals surface area contributed by atoms with Crippen LogP contribution in [0.3, 0.4) is 0 Å². The Morgan fingerprint density at radius 2 is 1.38 bits per heavy atom. The first-order valence-corrected chi connectivity index (χ1v) is 8.22. The van der Waals surface area contributed by atoms with Crippen molar-refractivity contribution in [3.8, 4) is 0 Å². The van der Waals surface area contributed by atoms with Gasteiger partial charge in [-0.2, -0.15) is 0 Å². The molecule has 4 heteroatoms. The molecule has 24 heavy (non-hydrogen) atoms. The highest BCUT2D eigenvalue weighted by Gasteiger charge is 2.10. The zero-order chi connectivity index (χ0) is 16.9.